The molecule has 1 aromatic heterocycles. The predicted molar refractivity (Wildman–Crippen MR) is 73.7 cm³/mol. The van der Waals surface area contributed by atoms with Crippen LogP contribution >= 0.6 is 11.3 Å². The van der Waals surface area contributed by atoms with Crippen molar-refractivity contribution in [2.24, 2.45) is 0 Å². The number of hydrogen-bond acceptors (Lipinski definition) is 4. The maximum absolute atomic E-state index is 5.83. The highest BCUT2D eigenvalue weighted by atomic mass is 32.1. The van der Waals surface area contributed by atoms with Crippen LogP contribution in [0.2, 0.25) is 0 Å². The predicted octanol–water partition coefficient (Wildman–Crippen LogP) is 2.79. The van der Waals surface area contributed by atoms with Crippen LogP contribution in [0.1, 0.15) is 37.4 Å². The molecule has 0 saturated heterocycles. The summed E-state index contributed by atoms with van der Waals surface area (Å²) in [4.78, 5) is 4.52. The van der Waals surface area contributed by atoms with Gasteiger partial charge in [-0.1, -0.05) is 13.3 Å². The van der Waals surface area contributed by atoms with E-state index in [1.807, 2.05) is 14.0 Å². The normalized spacial score (nSPS) is 14.8. The number of thiazole rings is 1. The van der Waals surface area contributed by atoms with Crippen LogP contribution in [0.15, 0.2) is 5.38 Å². The molecule has 0 aromatic carbocycles. The molecule has 0 spiro atoms. The van der Waals surface area contributed by atoms with Crippen molar-refractivity contribution < 1.29 is 4.74 Å². The minimum absolute atomic E-state index is 0.291. The van der Waals surface area contributed by atoms with E-state index in [-0.39, 0.29) is 0 Å². The van der Waals surface area contributed by atoms with Crippen molar-refractivity contribution in [2.45, 2.75) is 52.2 Å². The lowest BCUT2D eigenvalue weighted by molar-refractivity contribution is 0.0301. The van der Waals surface area contributed by atoms with Crippen molar-refractivity contribution in [3.8, 4) is 0 Å². The van der Waals surface area contributed by atoms with Crippen LogP contribution in [0.5, 0.6) is 0 Å². The van der Waals surface area contributed by atoms with Gasteiger partial charge >= 0.3 is 0 Å². The number of aryl methyl sites for hydroxylation is 1. The van der Waals surface area contributed by atoms with E-state index in [2.05, 4.69) is 29.5 Å². The minimum Gasteiger partial charge on any atom is -0.377 e. The fourth-order valence-electron chi connectivity index (χ4n) is 2.00. The topological polar surface area (TPSA) is 34.1 Å². The fraction of sp³-hybridized carbons (Fsp3) is 0.769. The van der Waals surface area contributed by atoms with Gasteiger partial charge in [0.25, 0.3) is 0 Å². The number of aromatic nitrogens is 1. The van der Waals surface area contributed by atoms with Crippen molar-refractivity contribution in [2.75, 3.05) is 13.7 Å². The molecule has 1 N–H and O–H groups in total. The average Bonchev–Trinajstić information content (AvgIpc) is 2.72. The van der Waals surface area contributed by atoms with Crippen LogP contribution in [-0.4, -0.2) is 30.8 Å². The Balaban J connectivity index is 2.61. The van der Waals surface area contributed by atoms with E-state index in [4.69, 9.17) is 4.74 Å². The second kappa shape index (κ2) is 7.80. The molecule has 1 heterocycles. The molecule has 1 aromatic rings. The zero-order valence-electron chi connectivity index (χ0n) is 11.3. The lowest BCUT2D eigenvalue weighted by Crippen LogP contribution is -2.41. The standard InChI is InChI=1S/C13H24N2OS/c1-5-7-12(16-6-2)11(14-4)8-13-15-10(3)9-17-13/h9,11-12,14H,5-8H2,1-4H3. The number of rotatable bonds is 8. The van der Waals surface area contributed by atoms with E-state index in [0.29, 0.717) is 12.1 Å². The van der Waals surface area contributed by atoms with Gasteiger partial charge in [-0.3, -0.25) is 0 Å². The first-order chi connectivity index (χ1) is 8.21. The molecule has 0 amide bonds. The van der Waals surface area contributed by atoms with Gasteiger partial charge in [0.2, 0.25) is 0 Å². The molecule has 0 aliphatic rings. The Kier molecular flexibility index (Phi) is 6.70. The molecule has 0 aliphatic carbocycles. The zero-order valence-corrected chi connectivity index (χ0v) is 12.1. The van der Waals surface area contributed by atoms with Gasteiger partial charge in [0, 0.05) is 30.1 Å². The van der Waals surface area contributed by atoms with Crippen molar-refractivity contribution in [3.05, 3.63) is 16.1 Å². The molecule has 0 fully saturated rings. The molecule has 0 saturated carbocycles. The molecule has 4 heteroatoms. The summed E-state index contributed by atoms with van der Waals surface area (Å²) >= 11 is 1.74. The molecule has 98 valence electrons. The lowest BCUT2D eigenvalue weighted by Gasteiger charge is -2.25. The van der Waals surface area contributed by atoms with E-state index >= 15 is 0 Å². The lowest BCUT2D eigenvalue weighted by atomic mass is 10.0. The summed E-state index contributed by atoms with van der Waals surface area (Å²) in [6.07, 6.45) is 3.50. The zero-order chi connectivity index (χ0) is 12.7. The van der Waals surface area contributed by atoms with E-state index < -0.39 is 0 Å². The van der Waals surface area contributed by atoms with Crippen molar-refractivity contribution in [1.82, 2.24) is 10.3 Å². The van der Waals surface area contributed by atoms with Crippen molar-refractivity contribution in [3.63, 3.8) is 0 Å². The van der Waals surface area contributed by atoms with Gasteiger partial charge < -0.3 is 10.1 Å². The van der Waals surface area contributed by atoms with E-state index in [0.717, 1.165) is 31.6 Å². The van der Waals surface area contributed by atoms with Crippen LogP contribution < -0.4 is 5.32 Å². The Morgan fingerprint density at radius 2 is 2.24 bits per heavy atom. The maximum Gasteiger partial charge on any atom is 0.0944 e. The summed E-state index contributed by atoms with van der Waals surface area (Å²) in [7, 11) is 2.01. The molecule has 3 nitrogen and oxygen atoms in total. The monoisotopic (exact) mass is 256 g/mol. The van der Waals surface area contributed by atoms with Gasteiger partial charge in [0.05, 0.1) is 11.1 Å². The molecule has 0 radical (unpaired) electrons. The summed E-state index contributed by atoms with van der Waals surface area (Å²) in [6.45, 7) is 7.08. The second-order valence-corrected chi connectivity index (χ2v) is 5.21. The SMILES string of the molecule is CCCC(OCC)C(Cc1nc(C)cs1)NC. The maximum atomic E-state index is 5.83. The van der Waals surface area contributed by atoms with Crippen LogP contribution in [-0.2, 0) is 11.2 Å². The Bertz CT molecular complexity index is 308. The molecule has 0 bridgehead atoms. The van der Waals surface area contributed by atoms with Gasteiger partial charge in [-0.2, -0.15) is 0 Å². The molecular formula is C13H24N2OS. The Hall–Kier alpha value is -0.450. The Labute approximate surface area is 109 Å². The quantitative estimate of drug-likeness (QED) is 0.776. The molecule has 2 atom stereocenters. The van der Waals surface area contributed by atoms with Crippen LogP contribution in [0, 0.1) is 6.92 Å². The fourth-order valence-corrected chi connectivity index (χ4v) is 2.84. The highest BCUT2D eigenvalue weighted by molar-refractivity contribution is 7.09. The van der Waals surface area contributed by atoms with Gasteiger partial charge in [-0.05, 0) is 27.3 Å². The van der Waals surface area contributed by atoms with E-state index in [9.17, 15) is 0 Å². The van der Waals surface area contributed by atoms with Gasteiger partial charge in [-0.15, -0.1) is 11.3 Å². The Morgan fingerprint density at radius 3 is 2.71 bits per heavy atom. The van der Waals surface area contributed by atoms with Crippen LogP contribution in [0.4, 0.5) is 0 Å². The average molecular weight is 256 g/mol. The summed E-state index contributed by atoms with van der Waals surface area (Å²) in [5, 5.41) is 6.68. The first-order valence-electron chi connectivity index (χ1n) is 6.41. The largest absolute Gasteiger partial charge is 0.377 e. The van der Waals surface area contributed by atoms with E-state index in [1.54, 1.807) is 11.3 Å². The third-order valence-corrected chi connectivity index (χ3v) is 3.82. The van der Waals surface area contributed by atoms with Crippen LogP contribution in [0.3, 0.4) is 0 Å². The third kappa shape index (κ3) is 4.74. The van der Waals surface area contributed by atoms with Gasteiger partial charge in [-0.25, -0.2) is 4.98 Å². The summed E-state index contributed by atoms with van der Waals surface area (Å²) in [5.74, 6) is 0. The number of nitrogens with one attached hydrogen (secondary N) is 1. The highest BCUT2D eigenvalue weighted by Crippen LogP contribution is 2.16. The first-order valence-corrected chi connectivity index (χ1v) is 7.29. The summed E-state index contributed by atoms with van der Waals surface area (Å²) in [6, 6.07) is 0.362. The minimum atomic E-state index is 0.291. The molecular weight excluding hydrogens is 232 g/mol. The summed E-state index contributed by atoms with van der Waals surface area (Å²) < 4.78 is 5.83. The highest BCUT2D eigenvalue weighted by Gasteiger charge is 2.21. The van der Waals surface area contributed by atoms with Crippen molar-refractivity contribution in [1.29, 1.82) is 0 Å². The molecule has 17 heavy (non-hydrogen) atoms. The van der Waals surface area contributed by atoms with Gasteiger partial charge in [0.15, 0.2) is 0 Å². The summed E-state index contributed by atoms with van der Waals surface area (Å²) in [5.41, 5.74) is 1.11. The number of likely N-dealkylation sites (N-methyl/N-ethyl adjacent to an activating group) is 1. The first kappa shape index (κ1) is 14.6. The van der Waals surface area contributed by atoms with Gasteiger partial charge in [0.1, 0.15) is 0 Å². The Morgan fingerprint density at radius 1 is 1.47 bits per heavy atom. The number of nitrogens with zero attached hydrogens (tertiary/aromatic N) is 1. The number of hydrogen-bond donors (Lipinski definition) is 1. The molecule has 2 unspecified atom stereocenters. The number of ether oxygens (including phenoxy) is 1. The molecule has 1 rings (SSSR count). The third-order valence-electron chi connectivity index (χ3n) is 2.83. The van der Waals surface area contributed by atoms with E-state index in [1.165, 1.54) is 5.01 Å². The smallest absolute Gasteiger partial charge is 0.0944 e. The second-order valence-electron chi connectivity index (χ2n) is 4.26. The van der Waals surface area contributed by atoms with Crippen LogP contribution in [0.25, 0.3) is 0 Å². The van der Waals surface area contributed by atoms with Crippen molar-refractivity contribution >= 4 is 11.3 Å². The molecule has 0 aliphatic heterocycles.